The van der Waals surface area contributed by atoms with Crippen molar-refractivity contribution in [2.24, 2.45) is 0 Å². The van der Waals surface area contributed by atoms with Gasteiger partial charge in [-0.05, 0) is 48.9 Å². The van der Waals surface area contributed by atoms with Gasteiger partial charge in [0.25, 0.3) is 5.91 Å². The number of halogens is 1. The number of nitrogens with zero attached hydrogens (tertiary/aromatic N) is 2. The van der Waals surface area contributed by atoms with Crippen molar-refractivity contribution in [2.75, 3.05) is 11.5 Å². The van der Waals surface area contributed by atoms with Gasteiger partial charge in [-0.3, -0.25) is 9.69 Å². The van der Waals surface area contributed by atoms with Crippen LogP contribution in [0.5, 0.6) is 11.5 Å². The molecule has 0 unspecified atom stereocenters. The molecule has 0 aliphatic carbocycles. The predicted octanol–water partition coefficient (Wildman–Crippen LogP) is 5.25. The molecule has 0 radical (unpaired) electrons. The SMILES string of the molecule is Cc1ccc(N(C(=O)[C@@H]2COc3ccccc3O2)c2nc3ccccc3s2)cc1F. The van der Waals surface area contributed by atoms with Gasteiger partial charge in [0.1, 0.15) is 12.4 Å². The zero-order chi connectivity index (χ0) is 20.7. The number of aromatic nitrogens is 1. The van der Waals surface area contributed by atoms with E-state index < -0.39 is 11.9 Å². The Morgan fingerprint density at radius 2 is 1.87 bits per heavy atom. The van der Waals surface area contributed by atoms with E-state index in [4.69, 9.17) is 9.47 Å². The molecule has 0 fully saturated rings. The van der Waals surface area contributed by atoms with E-state index in [-0.39, 0.29) is 12.5 Å². The van der Waals surface area contributed by atoms with Gasteiger partial charge in [-0.1, -0.05) is 41.7 Å². The highest BCUT2D eigenvalue weighted by Gasteiger charge is 2.34. The molecule has 7 heteroatoms. The number of rotatable bonds is 3. The first-order chi connectivity index (χ1) is 14.6. The summed E-state index contributed by atoms with van der Waals surface area (Å²) in [4.78, 5) is 19.6. The summed E-state index contributed by atoms with van der Waals surface area (Å²) < 4.78 is 26.9. The highest BCUT2D eigenvalue weighted by molar-refractivity contribution is 7.22. The number of hydrogen-bond donors (Lipinski definition) is 0. The van der Waals surface area contributed by atoms with Crippen LogP contribution < -0.4 is 14.4 Å². The lowest BCUT2D eigenvalue weighted by atomic mass is 10.2. The average molecular weight is 420 g/mol. The van der Waals surface area contributed by atoms with Crippen molar-refractivity contribution in [3.8, 4) is 11.5 Å². The molecule has 150 valence electrons. The maximum absolute atomic E-state index is 14.4. The molecule has 2 heterocycles. The van der Waals surface area contributed by atoms with Crippen LogP contribution in [0.1, 0.15) is 5.56 Å². The van der Waals surface area contributed by atoms with Crippen molar-refractivity contribution in [3.05, 3.63) is 78.1 Å². The molecular formula is C23H17FN2O3S. The third kappa shape index (κ3) is 3.27. The minimum Gasteiger partial charge on any atom is -0.485 e. The molecule has 0 N–H and O–H groups in total. The second kappa shape index (κ2) is 7.42. The van der Waals surface area contributed by atoms with Crippen molar-refractivity contribution in [1.82, 2.24) is 4.98 Å². The lowest BCUT2D eigenvalue weighted by Crippen LogP contribution is -2.44. The van der Waals surface area contributed by atoms with Gasteiger partial charge in [-0.15, -0.1) is 0 Å². The van der Waals surface area contributed by atoms with E-state index in [1.807, 2.05) is 36.4 Å². The molecule has 0 saturated carbocycles. The number of benzene rings is 3. The van der Waals surface area contributed by atoms with Crippen molar-refractivity contribution in [3.63, 3.8) is 0 Å². The highest BCUT2D eigenvalue weighted by atomic mass is 32.1. The second-order valence-corrected chi connectivity index (χ2v) is 7.94. The quantitative estimate of drug-likeness (QED) is 0.454. The van der Waals surface area contributed by atoms with Gasteiger partial charge in [0, 0.05) is 0 Å². The van der Waals surface area contributed by atoms with Gasteiger partial charge in [0.05, 0.1) is 15.9 Å². The Balaban J connectivity index is 1.57. The Hall–Kier alpha value is -3.45. The third-order valence-electron chi connectivity index (χ3n) is 4.89. The fourth-order valence-corrected chi connectivity index (χ4v) is 4.29. The summed E-state index contributed by atoms with van der Waals surface area (Å²) in [6.45, 7) is 1.74. The van der Waals surface area contributed by atoms with E-state index in [1.165, 1.54) is 22.3 Å². The molecule has 1 atom stereocenters. The Kier molecular flexibility index (Phi) is 4.59. The van der Waals surface area contributed by atoms with Crippen LogP contribution in [-0.4, -0.2) is 23.6 Å². The number of amides is 1. The lowest BCUT2D eigenvalue weighted by molar-refractivity contribution is -0.126. The first-order valence-corrected chi connectivity index (χ1v) is 10.3. The Bertz CT molecular complexity index is 1220. The number of fused-ring (bicyclic) bond motifs is 2. The zero-order valence-corrected chi connectivity index (χ0v) is 16.9. The molecule has 5 nitrogen and oxygen atoms in total. The number of ether oxygens (including phenoxy) is 2. The molecule has 1 aromatic heterocycles. The van der Waals surface area contributed by atoms with Gasteiger partial charge in [0.15, 0.2) is 16.6 Å². The fraction of sp³-hybridized carbons (Fsp3) is 0.130. The number of carbonyl (C=O) groups is 1. The highest BCUT2D eigenvalue weighted by Crippen LogP contribution is 2.37. The van der Waals surface area contributed by atoms with Crippen LogP contribution in [0.25, 0.3) is 10.2 Å². The van der Waals surface area contributed by atoms with Crippen LogP contribution in [0.3, 0.4) is 0 Å². The number of para-hydroxylation sites is 3. The first kappa shape index (κ1) is 18.6. The number of anilines is 2. The number of thiazole rings is 1. The topological polar surface area (TPSA) is 51.7 Å². The number of aryl methyl sites for hydroxylation is 1. The molecule has 0 saturated heterocycles. The van der Waals surface area contributed by atoms with E-state index in [1.54, 1.807) is 31.2 Å². The summed E-state index contributed by atoms with van der Waals surface area (Å²) in [5, 5.41) is 0.451. The van der Waals surface area contributed by atoms with Gasteiger partial charge in [-0.25, -0.2) is 9.37 Å². The van der Waals surface area contributed by atoms with Crippen molar-refractivity contribution in [2.45, 2.75) is 13.0 Å². The van der Waals surface area contributed by atoms with Gasteiger partial charge in [-0.2, -0.15) is 0 Å². The molecule has 1 amide bonds. The van der Waals surface area contributed by atoms with E-state index in [2.05, 4.69) is 4.98 Å². The van der Waals surface area contributed by atoms with Crippen LogP contribution in [-0.2, 0) is 4.79 Å². The first-order valence-electron chi connectivity index (χ1n) is 9.44. The third-order valence-corrected chi connectivity index (χ3v) is 5.91. The molecule has 5 rings (SSSR count). The van der Waals surface area contributed by atoms with Crippen LogP contribution in [0.15, 0.2) is 66.7 Å². The largest absolute Gasteiger partial charge is 0.485 e. The Morgan fingerprint density at radius 3 is 2.67 bits per heavy atom. The molecule has 0 bridgehead atoms. The normalized spacial score (nSPS) is 15.2. The smallest absolute Gasteiger partial charge is 0.278 e. The lowest BCUT2D eigenvalue weighted by Gasteiger charge is -2.29. The Morgan fingerprint density at radius 1 is 1.10 bits per heavy atom. The molecule has 30 heavy (non-hydrogen) atoms. The summed E-state index contributed by atoms with van der Waals surface area (Å²) in [7, 11) is 0. The molecule has 4 aromatic rings. The molecule has 0 spiro atoms. The van der Waals surface area contributed by atoms with Gasteiger partial charge >= 0.3 is 0 Å². The minimum absolute atomic E-state index is 0.0611. The van der Waals surface area contributed by atoms with Gasteiger partial charge < -0.3 is 9.47 Å². The predicted molar refractivity (Wildman–Crippen MR) is 114 cm³/mol. The maximum atomic E-state index is 14.4. The summed E-state index contributed by atoms with van der Waals surface area (Å²) >= 11 is 1.36. The van der Waals surface area contributed by atoms with Crippen molar-refractivity contribution < 1.29 is 18.7 Å². The summed E-state index contributed by atoms with van der Waals surface area (Å²) in [5.41, 5.74) is 1.67. The molecule has 1 aliphatic heterocycles. The molecule has 3 aromatic carbocycles. The van der Waals surface area contributed by atoms with Crippen LogP contribution in [0.4, 0.5) is 15.2 Å². The van der Waals surface area contributed by atoms with Crippen LogP contribution in [0, 0.1) is 12.7 Å². The maximum Gasteiger partial charge on any atom is 0.278 e. The van der Waals surface area contributed by atoms with Crippen molar-refractivity contribution >= 4 is 38.3 Å². The summed E-state index contributed by atoms with van der Waals surface area (Å²) in [6, 6.07) is 19.5. The minimum atomic E-state index is -0.878. The van der Waals surface area contributed by atoms with E-state index >= 15 is 0 Å². The second-order valence-electron chi connectivity index (χ2n) is 6.94. The number of hydrogen-bond acceptors (Lipinski definition) is 5. The van der Waals surface area contributed by atoms with E-state index in [0.29, 0.717) is 27.9 Å². The fourth-order valence-electron chi connectivity index (χ4n) is 3.29. The van der Waals surface area contributed by atoms with Crippen molar-refractivity contribution in [1.29, 1.82) is 0 Å². The average Bonchev–Trinajstić information content (AvgIpc) is 3.19. The Labute approximate surface area is 176 Å². The standard InChI is InChI=1S/C23H17FN2O3S/c1-14-10-11-15(12-16(14)24)26(23-25-17-6-2-5-9-21(17)30-23)22(27)20-13-28-18-7-3-4-8-19(18)29-20/h2-12,20H,13H2,1H3/t20-/m0/s1. The van der Waals surface area contributed by atoms with E-state index in [0.717, 1.165) is 10.2 Å². The number of carbonyl (C=O) groups excluding carboxylic acids is 1. The zero-order valence-electron chi connectivity index (χ0n) is 16.0. The molecular weight excluding hydrogens is 403 g/mol. The summed E-state index contributed by atoms with van der Waals surface area (Å²) in [6.07, 6.45) is -0.878. The van der Waals surface area contributed by atoms with E-state index in [9.17, 15) is 9.18 Å². The van der Waals surface area contributed by atoms with Crippen LogP contribution >= 0.6 is 11.3 Å². The van der Waals surface area contributed by atoms with Gasteiger partial charge in [0.2, 0.25) is 6.10 Å². The summed E-state index contributed by atoms with van der Waals surface area (Å²) in [5.74, 6) is 0.334. The monoisotopic (exact) mass is 420 g/mol. The molecule has 1 aliphatic rings. The van der Waals surface area contributed by atoms with Crippen LogP contribution in [0.2, 0.25) is 0 Å².